The first-order chi connectivity index (χ1) is 9.29. The van der Waals surface area contributed by atoms with Gasteiger partial charge in [0.25, 0.3) is 0 Å². The first kappa shape index (κ1) is 12.2. The van der Waals surface area contributed by atoms with Gasteiger partial charge in [-0.15, -0.1) is 0 Å². The van der Waals surface area contributed by atoms with Crippen molar-refractivity contribution >= 4 is 17.2 Å². The minimum absolute atomic E-state index is 0.543. The van der Waals surface area contributed by atoms with Gasteiger partial charge in [-0.2, -0.15) is 16.6 Å². The van der Waals surface area contributed by atoms with Crippen molar-refractivity contribution in [1.29, 1.82) is 5.26 Å². The highest BCUT2D eigenvalue weighted by Crippen LogP contribution is 2.34. The number of hydrogen-bond acceptors (Lipinski definition) is 4. The highest BCUT2D eigenvalue weighted by molar-refractivity contribution is 7.07. The van der Waals surface area contributed by atoms with Crippen LogP contribution < -0.4 is 4.90 Å². The highest BCUT2D eigenvalue weighted by Gasteiger charge is 2.31. The van der Waals surface area contributed by atoms with Crippen molar-refractivity contribution in [2.75, 3.05) is 4.90 Å². The number of pyridine rings is 1. The molecule has 0 aromatic carbocycles. The van der Waals surface area contributed by atoms with Gasteiger partial charge in [-0.25, -0.2) is 4.98 Å². The van der Waals surface area contributed by atoms with Crippen molar-refractivity contribution in [2.24, 2.45) is 0 Å². The third kappa shape index (κ3) is 2.47. The Morgan fingerprint density at radius 3 is 2.95 bits per heavy atom. The van der Waals surface area contributed by atoms with Crippen molar-refractivity contribution in [1.82, 2.24) is 4.98 Å². The molecule has 1 aliphatic carbocycles. The van der Waals surface area contributed by atoms with E-state index in [9.17, 15) is 5.26 Å². The van der Waals surface area contributed by atoms with Crippen LogP contribution in [0, 0.1) is 18.3 Å². The lowest BCUT2D eigenvalue weighted by Crippen LogP contribution is -2.26. The quantitative estimate of drug-likeness (QED) is 0.853. The van der Waals surface area contributed by atoms with Crippen molar-refractivity contribution in [3.05, 3.63) is 45.8 Å². The van der Waals surface area contributed by atoms with E-state index >= 15 is 0 Å². The molecule has 3 nitrogen and oxygen atoms in total. The standard InChI is InChI=1S/C15H15N3S/c1-11-4-6-17-15(14(11)8-16)18(13-2-3-13)9-12-5-7-19-10-12/h4-7,10,13H,2-3,9H2,1H3. The molecule has 0 amide bonds. The van der Waals surface area contributed by atoms with Gasteiger partial charge in [-0.05, 0) is 53.8 Å². The van der Waals surface area contributed by atoms with E-state index < -0.39 is 0 Å². The van der Waals surface area contributed by atoms with E-state index in [2.05, 4.69) is 32.8 Å². The second-order valence-electron chi connectivity index (χ2n) is 4.93. The van der Waals surface area contributed by atoms with Crippen LogP contribution >= 0.6 is 11.3 Å². The van der Waals surface area contributed by atoms with E-state index in [4.69, 9.17) is 0 Å². The predicted molar refractivity (Wildman–Crippen MR) is 77.2 cm³/mol. The maximum Gasteiger partial charge on any atom is 0.147 e. The zero-order valence-electron chi connectivity index (χ0n) is 10.8. The zero-order valence-corrected chi connectivity index (χ0v) is 11.7. The third-order valence-corrected chi connectivity index (χ3v) is 4.18. The monoisotopic (exact) mass is 269 g/mol. The minimum atomic E-state index is 0.543. The Bertz CT molecular complexity index is 609. The lowest BCUT2D eigenvalue weighted by atomic mass is 10.1. The van der Waals surface area contributed by atoms with Crippen LogP contribution in [0.2, 0.25) is 0 Å². The number of anilines is 1. The summed E-state index contributed by atoms with van der Waals surface area (Å²) in [4.78, 5) is 6.74. The molecule has 19 heavy (non-hydrogen) atoms. The molecule has 0 aliphatic heterocycles. The summed E-state index contributed by atoms with van der Waals surface area (Å²) in [6, 6.07) is 6.89. The average Bonchev–Trinajstić information content (AvgIpc) is 3.13. The van der Waals surface area contributed by atoms with Gasteiger partial charge in [0.05, 0.1) is 5.56 Å². The van der Waals surface area contributed by atoms with Crippen LogP contribution in [0.4, 0.5) is 5.82 Å². The molecule has 0 saturated heterocycles. The highest BCUT2D eigenvalue weighted by atomic mass is 32.1. The number of aryl methyl sites for hydroxylation is 1. The first-order valence-corrected chi connectivity index (χ1v) is 7.37. The average molecular weight is 269 g/mol. The molecule has 1 aliphatic rings. The Morgan fingerprint density at radius 2 is 2.32 bits per heavy atom. The second-order valence-corrected chi connectivity index (χ2v) is 5.71. The van der Waals surface area contributed by atoms with Gasteiger partial charge in [0.1, 0.15) is 11.9 Å². The van der Waals surface area contributed by atoms with Crippen LogP contribution in [-0.4, -0.2) is 11.0 Å². The summed E-state index contributed by atoms with van der Waals surface area (Å²) >= 11 is 1.71. The topological polar surface area (TPSA) is 39.9 Å². The van der Waals surface area contributed by atoms with E-state index in [0.717, 1.165) is 17.9 Å². The van der Waals surface area contributed by atoms with Crippen molar-refractivity contribution in [2.45, 2.75) is 32.4 Å². The largest absolute Gasteiger partial charge is 0.348 e. The normalized spacial score (nSPS) is 14.1. The molecule has 0 spiro atoms. The van der Waals surface area contributed by atoms with Gasteiger partial charge in [0, 0.05) is 18.8 Å². The Labute approximate surface area is 117 Å². The molecule has 4 heteroatoms. The van der Waals surface area contributed by atoms with E-state index in [1.54, 1.807) is 17.5 Å². The molecule has 2 aromatic heterocycles. The zero-order chi connectivity index (χ0) is 13.2. The maximum atomic E-state index is 9.36. The van der Waals surface area contributed by atoms with Crippen molar-refractivity contribution in [3.63, 3.8) is 0 Å². The second kappa shape index (κ2) is 5.02. The van der Waals surface area contributed by atoms with Gasteiger partial charge >= 0.3 is 0 Å². The van der Waals surface area contributed by atoms with E-state index in [1.165, 1.54) is 18.4 Å². The van der Waals surface area contributed by atoms with Crippen LogP contribution in [0.25, 0.3) is 0 Å². The summed E-state index contributed by atoms with van der Waals surface area (Å²) in [5.74, 6) is 0.844. The molecule has 1 fully saturated rings. The lowest BCUT2D eigenvalue weighted by molar-refractivity contribution is 0.777. The summed E-state index contributed by atoms with van der Waals surface area (Å²) in [5.41, 5.74) is 3.01. The Hall–Kier alpha value is -1.86. The van der Waals surface area contributed by atoms with Gasteiger partial charge in [-0.3, -0.25) is 0 Å². The molecule has 0 radical (unpaired) electrons. The number of nitriles is 1. The summed E-state index contributed by atoms with van der Waals surface area (Å²) in [6.45, 7) is 2.82. The number of nitrogens with zero attached hydrogens (tertiary/aromatic N) is 3. The fourth-order valence-electron chi connectivity index (χ4n) is 2.24. The SMILES string of the molecule is Cc1ccnc(N(Cc2ccsc2)C2CC2)c1C#N. The number of rotatable bonds is 4. The Kier molecular flexibility index (Phi) is 3.22. The molecule has 3 rings (SSSR count). The fraction of sp³-hybridized carbons (Fsp3) is 0.333. The molecule has 2 aromatic rings. The minimum Gasteiger partial charge on any atom is -0.348 e. The van der Waals surface area contributed by atoms with Gasteiger partial charge < -0.3 is 4.90 Å². The Morgan fingerprint density at radius 1 is 1.47 bits per heavy atom. The summed E-state index contributed by atoms with van der Waals surface area (Å²) in [6.07, 6.45) is 4.20. The Balaban J connectivity index is 1.97. The molecular weight excluding hydrogens is 254 g/mol. The summed E-state index contributed by atoms with van der Waals surface area (Å²) in [5, 5.41) is 13.6. The molecule has 0 atom stereocenters. The number of thiophene rings is 1. The lowest BCUT2D eigenvalue weighted by Gasteiger charge is -2.24. The molecule has 2 heterocycles. The van der Waals surface area contributed by atoms with Gasteiger partial charge in [-0.1, -0.05) is 0 Å². The molecule has 0 N–H and O–H groups in total. The van der Waals surface area contributed by atoms with E-state index in [1.807, 2.05) is 13.0 Å². The van der Waals surface area contributed by atoms with Crippen molar-refractivity contribution in [3.8, 4) is 6.07 Å². The smallest absolute Gasteiger partial charge is 0.147 e. The van der Waals surface area contributed by atoms with Crippen LogP contribution in [0.5, 0.6) is 0 Å². The molecular formula is C15H15N3S. The molecule has 1 saturated carbocycles. The third-order valence-electron chi connectivity index (χ3n) is 3.44. The van der Waals surface area contributed by atoms with Crippen molar-refractivity contribution < 1.29 is 0 Å². The summed E-state index contributed by atoms with van der Waals surface area (Å²) in [7, 11) is 0. The summed E-state index contributed by atoms with van der Waals surface area (Å²) < 4.78 is 0. The fourth-order valence-corrected chi connectivity index (χ4v) is 2.90. The van der Waals surface area contributed by atoms with Crippen LogP contribution in [0.3, 0.4) is 0 Å². The van der Waals surface area contributed by atoms with E-state index in [0.29, 0.717) is 11.6 Å². The predicted octanol–water partition coefficient (Wildman–Crippen LogP) is 3.49. The van der Waals surface area contributed by atoms with Gasteiger partial charge in [0.2, 0.25) is 0 Å². The van der Waals surface area contributed by atoms with E-state index in [-0.39, 0.29) is 0 Å². The molecule has 96 valence electrons. The van der Waals surface area contributed by atoms with Crippen LogP contribution in [0.15, 0.2) is 29.1 Å². The number of hydrogen-bond donors (Lipinski definition) is 0. The van der Waals surface area contributed by atoms with Gasteiger partial charge in [0.15, 0.2) is 0 Å². The van der Waals surface area contributed by atoms with Crippen LogP contribution in [0.1, 0.15) is 29.5 Å². The first-order valence-electron chi connectivity index (χ1n) is 6.43. The molecule has 0 bridgehead atoms. The molecule has 0 unspecified atom stereocenters. The van der Waals surface area contributed by atoms with Crippen LogP contribution in [-0.2, 0) is 6.54 Å². The number of aromatic nitrogens is 1. The maximum absolute atomic E-state index is 9.36.